The molecular formula is C6H7IO2. The average Bonchev–Trinajstić information content (AvgIpc) is 2.34. The van der Waals surface area contributed by atoms with E-state index < -0.39 is 0 Å². The first-order valence-corrected chi connectivity index (χ1v) is 4.14. The first-order valence-electron chi connectivity index (χ1n) is 2.61. The Morgan fingerprint density at radius 3 is 2.44 bits per heavy atom. The number of furan rings is 1. The van der Waals surface area contributed by atoms with Crippen LogP contribution in [0.4, 0.5) is 0 Å². The Hall–Kier alpha value is -0.0300. The number of alkyl halides is 1. The maximum Gasteiger partial charge on any atom is 0.129 e. The lowest BCUT2D eigenvalue weighted by Gasteiger charge is -1.85. The standard InChI is InChI=1S/C6H7IO2/c7-3-5-1-2-6(4-8)9-5/h1-2,8H,3-4H2. The first kappa shape index (κ1) is 7.08. The topological polar surface area (TPSA) is 33.4 Å². The van der Waals surface area contributed by atoms with Gasteiger partial charge in [-0.05, 0) is 12.1 Å². The molecule has 0 saturated carbocycles. The third-order valence-corrected chi connectivity index (χ3v) is 1.76. The van der Waals surface area contributed by atoms with Crippen LogP contribution in [0.5, 0.6) is 0 Å². The summed E-state index contributed by atoms with van der Waals surface area (Å²) in [6, 6.07) is 3.66. The Morgan fingerprint density at radius 1 is 1.44 bits per heavy atom. The number of aliphatic hydroxyl groups is 1. The molecule has 0 fully saturated rings. The van der Waals surface area contributed by atoms with E-state index in [9.17, 15) is 0 Å². The van der Waals surface area contributed by atoms with Gasteiger partial charge < -0.3 is 9.52 Å². The van der Waals surface area contributed by atoms with Crippen molar-refractivity contribution in [3.8, 4) is 0 Å². The van der Waals surface area contributed by atoms with Gasteiger partial charge in [0.05, 0.1) is 4.43 Å². The second kappa shape index (κ2) is 3.22. The fraction of sp³-hybridized carbons (Fsp3) is 0.333. The minimum absolute atomic E-state index is 0.00333. The number of aliphatic hydroxyl groups excluding tert-OH is 1. The van der Waals surface area contributed by atoms with Crippen LogP contribution >= 0.6 is 22.6 Å². The molecule has 1 N–H and O–H groups in total. The van der Waals surface area contributed by atoms with Crippen LogP contribution in [0.1, 0.15) is 11.5 Å². The van der Waals surface area contributed by atoms with Gasteiger partial charge in [-0.25, -0.2) is 0 Å². The molecule has 1 rings (SSSR count). The second-order valence-electron chi connectivity index (χ2n) is 1.66. The van der Waals surface area contributed by atoms with Crippen molar-refractivity contribution < 1.29 is 9.52 Å². The van der Waals surface area contributed by atoms with Gasteiger partial charge in [-0.1, -0.05) is 22.6 Å². The maximum atomic E-state index is 8.55. The Labute approximate surface area is 67.0 Å². The molecular weight excluding hydrogens is 231 g/mol. The molecule has 0 spiro atoms. The lowest BCUT2D eigenvalue weighted by molar-refractivity contribution is 0.245. The third kappa shape index (κ3) is 1.69. The van der Waals surface area contributed by atoms with Gasteiger partial charge in [-0.2, -0.15) is 0 Å². The number of hydrogen-bond acceptors (Lipinski definition) is 2. The van der Waals surface area contributed by atoms with E-state index in [-0.39, 0.29) is 6.61 Å². The second-order valence-corrected chi connectivity index (χ2v) is 2.42. The molecule has 0 aliphatic carbocycles. The normalized spacial score (nSPS) is 10.0. The first-order chi connectivity index (χ1) is 4.36. The summed E-state index contributed by atoms with van der Waals surface area (Å²) < 4.78 is 5.98. The van der Waals surface area contributed by atoms with Crippen molar-refractivity contribution in [3.63, 3.8) is 0 Å². The van der Waals surface area contributed by atoms with Crippen LogP contribution in [0.15, 0.2) is 16.5 Å². The van der Waals surface area contributed by atoms with Crippen LogP contribution in [-0.2, 0) is 11.0 Å². The van der Waals surface area contributed by atoms with Crippen molar-refractivity contribution in [2.24, 2.45) is 0 Å². The summed E-state index contributed by atoms with van der Waals surface area (Å²) in [6.45, 7) is -0.00333. The number of halogens is 1. The summed E-state index contributed by atoms with van der Waals surface area (Å²) in [6.07, 6.45) is 0. The highest BCUT2D eigenvalue weighted by molar-refractivity contribution is 14.1. The van der Waals surface area contributed by atoms with Crippen LogP contribution in [0.3, 0.4) is 0 Å². The van der Waals surface area contributed by atoms with Crippen LogP contribution < -0.4 is 0 Å². The predicted octanol–water partition coefficient (Wildman–Crippen LogP) is 1.71. The van der Waals surface area contributed by atoms with Gasteiger partial charge in [0.15, 0.2) is 0 Å². The van der Waals surface area contributed by atoms with Crippen molar-refractivity contribution in [1.82, 2.24) is 0 Å². The Balaban J connectivity index is 2.74. The van der Waals surface area contributed by atoms with E-state index >= 15 is 0 Å². The van der Waals surface area contributed by atoms with E-state index in [2.05, 4.69) is 22.6 Å². The molecule has 0 aromatic carbocycles. The van der Waals surface area contributed by atoms with Crippen LogP contribution in [0.25, 0.3) is 0 Å². The molecule has 0 aliphatic heterocycles. The molecule has 1 aromatic rings. The van der Waals surface area contributed by atoms with E-state index in [0.717, 1.165) is 10.2 Å². The van der Waals surface area contributed by atoms with Crippen molar-refractivity contribution in [2.45, 2.75) is 11.0 Å². The number of rotatable bonds is 2. The number of hydrogen-bond donors (Lipinski definition) is 1. The van der Waals surface area contributed by atoms with Crippen molar-refractivity contribution >= 4 is 22.6 Å². The van der Waals surface area contributed by atoms with E-state index in [0.29, 0.717) is 5.76 Å². The molecule has 1 heterocycles. The largest absolute Gasteiger partial charge is 0.463 e. The van der Waals surface area contributed by atoms with Crippen LogP contribution in [0, 0.1) is 0 Å². The predicted molar refractivity (Wildman–Crippen MR) is 42.4 cm³/mol. The quantitative estimate of drug-likeness (QED) is 0.628. The van der Waals surface area contributed by atoms with Gasteiger partial charge in [0.2, 0.25) is 0 Å². The SMILES string of the molecule is OCc1ccc(CI)o1. The van der Waals surface area contributed by atoms with Gasteiger partial charge in [-0.3, -0.25) is 0 Å². The summed E-state index contributed by atoms with van der Waals surface area (Å²) in [5, 5.41) is 8.55. The zero-order chi connectivity index (χ0) is 6.69. The molecule has 0 amide bonds. The van der Waals surface area contributed by atoms with Gasteiger partial charge in [0, 0.05) is 0 Å². The molecule has 0 radical (unpaired) electrons. The van der Waals surface area contributed by atoms with E-state index in [4.69, 9.17) is 9.52 Å². The Bertz CT molecular complexity index is 164. The summed E-state index contributed by atoms with van der Waals surface area (Å²) >= 11 is 2.21. The molecule has 2 nitrogen and oxygen atoms in total. The summed E-state index contributed by atoms with van der Waals surface area (Å²) in [7, 11) is 0. The molecule has 3 heteroatoms. The minimum Gasteiger partial charge on any atom is -0.463 e. The van der Waals surface area contributed by atoms with Gasteiger partial charge in [0.1, 0.15) is 18.1 Å². The highest BCUT2D eigenvalue weighted by Crippen LogP contribution is 2.10. The van der Waals surface area contributed by atoms with Gasteiger partial charge in [0.25, 0.3) is 0 Å². The molecule has 0 saturated heterocycles. The molecule has 0 bridgehead atoms. The zero-order valence-electron chi connectivity index (χ0n) is 4.80. The third-order valence-electron chi connectivity index (χ3n) is 1.00. The smallest absolute Gasteiger partial charge is 0.129 e. The monoisotopic (exact) mass is 238 g/mol. The fourth-order valence-electron chi connectivity index (χ4n) is 0.579. The molecule has 50 valence electrons. The lowest BCUT2D eigenvalue weighted by Crippen LogP contribution is -1.74. The summed E-state index contributed by atoms with van der Waals surface area (Å²) in [5.41, 5.74) is 0. The van der Waals surface area contributed by atoms with Crippen molar-refractivity contribution in [2.75, 3.05) is 0 Å². The van der Waals surface area contributed by atoms with E-state index in [1.807, 2.05) is 6.07 Å². The van der Waals surface area contributed by atoms with Gasteiger partial charge >= 0.3 is 0 Å². The molecule has 1 aromatic heterocycles. The molecule has 0 atom stereocenters. The summed E-state index contributed by atoms with van der Waals surface area (Å²) in [4.78, 5) is 0. The average molecular weight is 238 g/mol. The van der Waals surface area contributed by atoms with Gasteiger partial charge in [-0.15, -0.1) is 0 Å². The zero-order valence-corrected chi connectivity index (χ0v) is 6.96. The lowest BCUT2D eigenvalue weighted by atomic mass is 10.4. The minimum atomic E-state index is -0.00333. The van der Waals surface area contributed by atoms with Crippen molar-refractivity contribution in [3.05, 3.63) is 23.7 Å². The van der Waals surface area contributed by atoms with Crippen LogP contribution in [-0.4, -0.2) is 5.11 Å². The highest BCUT2D eigenvalue weighted by Gasteiger charge is 1.96. The van der Waals surface area contributed by atoms with Crippen molar-refractivity contribution in [1.29, 1.82) is 0 Å². The van der Waals surface area contributed by atoms with E-state index in [1.54, 1.807) is 6.07 Å². The van der Waals surface area contributed by atoms with E-state index in [1.165, 1.54) is 0 Å². The summed E-state index contributed by atoms with van der Waals surface area (Å²) in [5.74, 6) is 1.56. The fourth-order valence-corrected chi connectivity index (χ4v) is 0.989. The molecule has 0 aliphatic rings. The Kier molecular flexibility index (Phi) is 2.53. The maximum absolute atomic E-state index is 8.55. The molecule has 0 unspecified atom stereocenters. The molecule has 9 heavy (non-hydrogen) atoms. The van der Waals surface area contributed by atoms with Crippen LogP contribution in [0.2, 0.25) is 0 Å². The Morgan fingerprint density at radius 2 is 2.11 bits per heavy atom. The highest BCUT2D eigenvalue weighted by atomic mass is 127.